The summed E-state index contributed by atoms with van der Waals surface area (Å²) in [6, 6.07) is 5.66. The van der Waals surface area contributed by atoms with Crippen molar-refractivity contribution in [3.05, 3.63) is 23.8 Å². The Morgan fingerprint density at radius 2 is 2.05 bits per heavy atom. The Hall–Kier alpha value is -1.26. The molecule has 118 valence electrons. The molecule has 1 saturated carbocycles. The first kappa shape index (κ1) is 16.1. The van der Waals surface area contributed by atoms with Crippen molar-refractivity contribution >= 4 is 0 Å². The number of methoxy groups -OCH3 is 1. The molecule has 0 bridgehead atoms. The van der Waals surface area contributed by atoms with E-state index in [0.717, 1.165) is 18.7 Å². The van der Waals surface area contributed by atoms with Crippen molar-refractivity contribution in [2.75, 3.05) is 20.3 Å². The van der Waals surface area contributed by atoms with Crippen molar-refractivity contribution in [3.63, 3.8) is 0 Å². The molecule has 0 aromatic heterocycles. The topological polar surface area (TPSA) is 50.7 Å². The highest BCUT2D eigenvalue weighted by atomic mass is 16.5. The van der Waals surface area contributed by atoms with Gasteiger partial charge in [0.25, 0.3) is 0 Å². The lowest BCUT2D eigenvalue weighted by Gasteiger charge is -2.22. The molecule has 0 spiro atoms. The van der Waals surface area contributed by atoms with Crippen LogP contribution in [0.5, 0.6) is 11.5 Å². The third-order valence-corrected chi connectivity index (χ3v) is 4.16. The molecule has 0 heterocycles. The predicted molar refractivity (Wildman–Crippen MR) is 83.9 cm³/mol. The first-order chi connectivity index (χ1) is 10.2. The summed E-state index contributed by atoms with van der Waals surface area (Å²) >= 11 is 0. The van der Waals surface area contributed by atoms with E-state index in [9.17, 15) is 5.11 Å². The quantitative estimate of drug-likeness (QED) is 0.757. The summed E-state index contributed by atoms with van der Waals surface area (Å²) in [5.41, 5.74) is 1.10. The van der Waals surface area contributed by atoms with Crippen LogP contribution in [-0.4, -0.2) is 31.5 Å². The summed E-state index contributed by atoms with van der Waals surface area (Å²) in [5.74, 6) is 0.689. The molecule has 2 rings (SSSR count). The van der Waals surface area contributed by atoms with Gasteiger partial charge in [0.2, 0.25) is 0 Å². The SMILES string of the molecule is COc1cc(C(C)NCCOC2CCCCC2)ccc1O. The Kier molecular flexibility index (Phi) is 6.33. The van der Waals surface area contributed by atoms with E-state index in [2.05, 4.69) is 12.2 Å². The van der Waals surface area contributed by atoms with Gasteiger partial charge in [0.15, 0.2) is 11.5 Å². The Bertz CT molecular complexity index is 430. The zero-order valence-electron chi connectivity index (χ0n) is 13.1. The van der Waals surface area contributed by atoms with E-state index >= 15 is 0 Å². The van der Waals surface area contributed by atoms with E-state index < -0.39 is 0 Å². The van der Waals surface area contributed by atoms with Crippen molar-refractivity contribution in [2.45, 2.75) is 51.2 Å². The van der Waals surface area contributed by atoms with Gasteiger partial charge in [0.1, 0.15) is 0 Å². The fourth-order valence-electron chi connectivity index (χ4n) is 2.81. The minimum atomic E-state index is 0.175. The molecule has 0 saturated heterocycles. The van der Waals surface area contributed by atoms with E-state index in [1.807, 2.05) is 12.1 Å². The standard InChI is InChI=1S/C17H27NO3/c1-13(14-8-9-16(19)17(12-14)20-2)18-10-11-21-15-6-4-3-5-7-15/h8-9,12-13,15,18-19H,3-7,10-11H2,1-2H3. The highest BCUT2D eigenvalue weighted by Crippen LogP contribution is 2.28. The number of phenolic OH excluding ortho intramolecular Hbond substituents is 1. The summed E-state index contributed by atoms with van der Waals surface area (Å²) < 4.78 is 11.0. The molecule has 1 fully saturated rings. The molecule has 0 amide bonds. The van der Waals surface area contributed by atoms with Gasteiger partial charge < -0.3 is 19.9 Å². The summed E-state index contributed by atoms with van der Waals surface area (Å²) in [7, 11) is 1.56. The van der Waals surface area contributed by atoms with E-state index in [1.165, 1.54) is 32.1 Å². The van der Waals surface area contributed by atoms with Crippen LogP contribution in [0.15, 0.2) is 18.2 Å². The Morgan fingerprint density at radius 1 is 1.29 bits per heavy atom. The molecule has 21 heavy (non-hydrogen) atoms. The molecule has 1 aromatic rings. The summed E-state index contributed by atoms with van der Waals surface area (Å²) in [6.45, 7) is 3.69. The Labute approximate surface area is 127 Å². The Balaban J connectivity index is 1.72. The minimum Gasteiger partial charge on any atom is -0.504 e. The lowest BCUT2D eigenvalue weighted by molar-refractivity contribution is 0.0295. The molecule has 0 radical (unpaired) electrons. The molecular weight excluding hydrogens is 266 g/mol. The van der Waals surface area contributed by atoms with Crippen LogP contribution < -0.4 is 10.1 Å². The molecule has 4 heteroatoms. The average Bonchev–Trinajstić information content (AvgIpc) is 2.53. The first-order valence-corrected chi connectivity index (χ1v) is 7.92. The highest BCUT2D eigenvalue weighted by Gasteiger charge is 2.13. The third kappa shape index (κ3) is 4.90. The number of nitrogens with one attached hydrogen (secondary N) is 1. The number of benzene rings is 1. The summed E-state index contributed by atoms with van der Waals surface area (Å²) in [6.07, 6.45) is 6.86. The van der Waals surface area contributed by atoms with Crippen LogP contribution in [-0.2, 0) is 4.74 Å². The number of hydrogen-bond acceptors (Lipinski definition) is 4. The van der Waals surface area contributed by atoms with Crippen molar-refractivity contribution in [1.82, 2.24) is 5.32 Å². The lowest BCUT2D eigenvalue weighted by atomic mass is 9.98. The van der Waals surface area contributed by atoms with Gasteiger partial charge in [-0.2, -0.15) is 0 Å². The second kappa shape index (κ2) is 8.25. The maximum atomic E-state index is 9.61. The number of rotatable bonds is 7. The fourth-order valence-corrected chi connectivity index (χ4v) is 2.81. The van der Waals surface area contributed by atoms with Crippen LogP contribution in [0.2, 0.25) is 0 Å². The van der Waals surface area contributed by atoms with Gasteiger partial charge in [0.05, 0.1) is 19.8 Å². The molecule has 1 aliphatic carbocycles. The van der Waals surface area contributed by atoms with Gasteiger partial charge in [-0.25, -0.2) is 0 Å². The Morgan fingerprint density at radius 3 is 2.76 bits per heavy atom. The molecule has 4 nitrogen and oxygen atoms in total. The van der Waals surface area contributed by atoms with Crippen molar-refractivity contribution in [3.8, 4) is 11.5 Å². The maximum Gasteiger partial charge on any atom is 0.160 e. The van der Waals surface area contributed by atoms with E-state index in [0.29, 0.717) is 11.9 Å². The normalized spacial score (nSPS) is 17.6. The van der Waals surface area contributed by atoms with Crippen LogP contribution in [0.1, 0.15) is 50.6 Å². The van der Waals surface area contributed by atoms with Gasteiger partial charge in [-0.3, -0.25) is 0 Å². The monoisotopic (exact) mass is 293 g/mol. The summed E-state index contributed by atoms with van der Waals surface area (Å²) in [5, 5.41) is 13.1. The highest BCUT2D eigenvalue weighted by molar-refractivity contribution is 5.42. The van der Waals surface area contributed by atoms with Crippen LogP contribution in [0.25, 0.3) is 0 Å². The van der Waals surface area contributed by atoms with Crippen LogP contribution in [0.4, 0.5) is 0 Å². The molecule has 0 aliphatic heterocycles. The van der Waals surface area contributed by atoms with E-state index in [1.54, 1.807) is 13.2 Å². The van der Waals surface area contributed by atoms with Gasteiger partial charge in [-0.15, -0.1) is 0 Å². The smallest absolute Gasteiger partial charge is 0.160 e. The summed E-state index contributed by atoms with van der Waals surface area (Å²) in [4.78, 5) is 0. The molecule has 1 unspecified atom stereocenters. The van der Waals surface area contributed by atoms with Gasteiger partial charge in [0, 0.05) is 12.6 Å². The van der Waals surface area contributed by atoms with Crippen molar-refractivity contribution in [2.24, 2.45) is 0 Å². The number of hydrogen-bond donors (Lipinski definition) is 2. The number of phenols is 1. The zero-order chi connectivity index (χ0) is 15.1. The molecule has 1 atom stereocenters. The largest absolute Gasteiger partial charge is 0.504 e. The number of aromatic hydroxyl groups is 1. The molecular formula is C17H27NO3. The molecule has 1 aromatic carbocycles. The third-order valence-electron chi connectivity index (χ3n) is 4.16. The minimum absolute atomic E-state index is 0.175. The lowest BCUT2D eigenvalue weighted by Crippen LogP contribution is -2.26. The fraction of sp³-hybridized carbons (Fsp3) is 0.647. The van der Waals surface area contributed by atoms with Crippen molar-refractivity contribution in [1.29, 1.82) is 0 Å². The van der Waals surface area contributed by atoms with Crippen LogP contribution in [0.3, 0.4) is 0 Å². The first-order valence-electron chi connectivity index (χ1n) is 7.92. The molecule has 1 aliphatic rings. The number of ether oxygens (including phenoxy) is 2. The zero-order valence-corrected chi connectivity index (χ0v) is 13.1. The molecule has 2 N–H and O–H groups in total. The second-order valence-electron chi connectivity index (χ2n) is 5.74. The van der Waals surface area contributed by atoms with Gasteiger partial charge in [-0.05, 0) is 37.5 Å². The van der Waals surface area contributed by atoms with Crippen molar-refractivity contribution < 1.29 is 14.6 Å². The maximum absolute atomic E-state index is 9.61. The van der Waals surface area contributed by atoms with Crippen LogP contribution in [0, 0.1) is 0 Å². The van der Waals surface area contributed by atoms with E-state index in [-0.39, 0.29) is 11.8 Å². The van der Waals surface area contributed by atoms with Gasteiger partial charge in [-0.1, -0.05) is 25.3 Å². The van der Waals surface area contributed by atoms with Gasteiger partial charge >= 0.3 is 0 Å². The van der Waals surface area contributed by atoms with Crippen LogP contribution >= 0.6 is 0 Å². The second-order valence-corrected chi connectivity index (χ2v) is 5.74. The average molecular weight is 293 g/mol. The van der Waals surface area contributed by atoms with E-state index in [4.69, 9.17) is 9.47 Å². The predicted octanol–water partition coefficient (Wildman–Crippen LogP) is 3.40.